The average molecular weight is 885 g/mol. The first-order valence-corrected chi connectivity index (χ1v) is 22.1. The van der Waals surface area contributed by atoms with E-state index in [0.717, 1.165) is 83.5 Å². The topological polar surface area (TPSA) is 72.3 Å². The summed E-state index contributed by atoms with van der Waals surface area (Å²) in [7, 11) is 0. The van der Waals surface area contributed by atoms with Gasteiger partial charge in [0.2, 0.25) is 0 Å². The van der Waals surface area contributed by atoms with Gasteiger partial charge in [-0.3, -0.25) is 0 Å². The van der Waals surface area contributed by atoms with Crippen LogP contribution in [0.3, 0.4) is 0 Å². The Morgan fingerprint density at radius 1 is 0.412 bits per heavy atom. The number of fused-ring (bicyclic) bond motifs is 6. The van der Waals surface area contributed by atoms with Gasteiger partial charge in [0.05, 0.1) is 61.7 Å². The molecule has 322 valence electrons. The van der Waals surface area contributed by atoms with E-state index >= 15 is 13.2 Å². The number of benzene rings is 8. The Labute approximate surface area is 388 Å². The Kier molecular flexibility index (Phi) is 9.55. The fourth-order valence-electron chi connectivity index (χ4n) is 9.61. The molecule has 0 bridgehead atoms. The Morgan fingerprint density at radius 3 is 1.59 bits per heavy atom. The van der Waals surface area contributed by atoms with Gasteiger partial charge in [-0.2, -0.15) is 18.4 Å². The van der Waals surface area contributed by atoms with E-state index in [4.69, 9.17) is 9.97 Å². The van der Waals surface area contributed by atoms with Crippen molar-refractivity contribution in [3.63, 3.8) is 0 Å². The van der Waals surface area contributed by atoms with Crippen molar-refractivity contribution in [3.05, 3.63) is 224 Å². The quantitative estimate of drug-likeness (QED) is 0.160. The fourth-order valence-corrected chi connectivity index (χ4v) is 9.61. The summed E-state index contributed by atoms with van der Waals surface area (Å²) in [5.41, 5.74) is 9.46. The predicted octanol–water partition coefficient (Wildman–Crippen LogP) is 15.3. The number of hydrogen-bond donors (Lipinski definition) is 0. The molecule has 0 radical (unpaired) electrons. The summed E-state index contributed by atoms with van der Waals surface area (Å²) in [4.78, 5) is 14.7. The van der Waals surface area contributed by atoms with Crippen LogP contribution in [-0.2, 0) is 6.18 Å². The third kappa shape index (κ3) is 6.77. The van der Waals surface area contributed by atoms with E-state index in [9.17, 15) is 5.26 Å². The van der Waals surface area contributed by atoms with Crippen LogP contribution in [-0.4, -0.2) is 24.1 Å². The van der Waals surface area contributed by atoms with Gasteiger partial charge in [0.25, 0.3) is 0 Å². The SMILES string of the molecule is N#Cc1cc(-n2c3ccccc3c3ccc(-c4nccc(-c5ccccc5)n4)cc32)c(-c2ccccc2C(F)(F)F)cc1-n1c2ccccc2c2ccc(-c3cccc(-c4ccccc4)n3)cc21. The predicted molar refractivity (Wildman–Crippen MR) is 265 cm³/mol. The molecule has 0 spiro atoms. The zero-order valence-corrected chi connectivity index (χ0v) is 36.0. The van der Waals surface area contributed by atoms with Gasteiger partial charge in [0, 0.05) is 55.6 Å². The highest BCUT2D eigenvalue weighted by molar-refractivity contribution is 6.12. The molecule has 0 saturated heterocycles. The van der Waals surface area contributed by atoms with E-state index in [1.807, 2.05) is 173 Å². The molecule has 4 aromatic heterocycles. The number of para-hydroxylation sites is 2. The zero-order valence-electron chi connectivity index (χ0n) is 36.0. The highest BCUT2D eigenvalue weighted by atomic mass is 19.4. The molecule has 6 nitrogen and oxygen atoms in total. The summed E-state index contributed by atoms with van der Waals surface area (Å²) in [6, 6.07) is 67.0. The van der Waals surface area contributed by atoms with E-state index < -0.39 is 11.7 Å². The van der Waals surface area contributed by atoms with Gasteiger partial charge in [-0.05, 0) is 66.2 Å². The zero-order chi connectivity index (χ0) is 45.9. The number of halogens is 3. The van der Waals surface area contributed by atoms with Crippen LogP contribution in [0.5, 0.6) is 0 Å². The van der Waals surface area contributed by atoms with Gasteiger partial charge < -0.3 is 9.13 Å². The molecule has 0 aliphatic heterocycles. The molecule has 0 N–H and O–H groups in total. The molecular formula is C59H35F3N6. The first-order valence-electron chi connectivity index (χ1n) is 22.1. The highest BCUT2D eigenvalue weighted by Gasteiger charge is 2.35. The van der Waals surface area contributed by atoms with Crippen LogP contribution >= 0.6 is 0 Å². The number of aromatic nitrogens is 5. The maximum absolute atomic E-state index is 15.3. The van der Waals surface area contributed by atoms with Crippen molar-refractivity contribution in [1.82, 2.24) is 24.1 Å². The average Bonchev–Trinajstić information content (AvgIpc) is 3.90. The first-order chi connectivity index (χ1) is 33.3. The van der Waals surface area contributed by atoms with E-state index in [0.29, 0.717) is 28.3 Å². The fraction of sp³-hybridized carbons (Fsp3) is 0.0169. The largest absolute Gasteiger partial charge is 0.417 e. The second-order valence-electron chi connectivity index (χ2n) is 16.6. The van der Waals surface area contributed by atoms with Crippen molar-refractivity contribution in [2.75, 3.05) is 0 Å². The van der Waals surface area contributed by atoms with Crippen molar-refractivity contribution in [1.29, 1.82) is 5.26 Å². The molecular weight excluding hydrogens is 850 g/mol. The van der Waals surface area contributed by atoms with Crippen molar-refractivity contribution in [3.8, 4) is 73.7 Å². The summed E-state index contributed by atoms with van der Waals surface area (Å²) in [5, 5.41) is 14.9. The third-order valence-corrected chi connectivity index (χ3v) is 12.7. The summed E-state index contributed by atoms with van der Waals surface area (Å²) in [6.07, 6.45) is -2.97. The minimum atomic E-state index is -4.69. The molecule has 12 aromatic rings. The van der Waals surface area contributed by atoms with E-state index in [2.05, 4.69) is 17.1 Å². The maximum Gasteiger partial charge on any atom is 0.417 e. The van der Waals surface area contributed by atoms with Crippen LogP contribution in [0.25, 0.3) is 111 Å². The van der Waals surface area contributed by atoms with Crippen LogP contribution < -0.4 is 0 Å². The molecule has 0 aliphatic rings. The summed E-state index contributed by atoms with van der Waals surface area (Å²) < 4.78 is 49.9. The normalized spacial score (nSPS) is 11.7. The monoisotopic (exact) mass is 884 g/mol. The molecule has 0 fully saturated rings. The van der Waals surface area contributed by atoms with Gasteiger partial charge in [-0.15, -0.1) is 0 Å². The molecule has 8 aromatic carbocycles. The van der Waals surface area contributed by atoms with Crippen molar-refractivity contribution in [2.24, 2.45) is 0 Å². The summed E-state index contributed by atoms with van der Waals surface area (Å²) >= 11 is 0. The van der Waals surface area contributed by atoms with Crippen molar-refractivity contribution >= 4 is 43.6 Å². The van der Waals surface area contributed by atoms with E-state index in [-0.39, 0.29) is 11.1 Å². The number of nitrogens with zero attached hydrogens (tertiary/aromatic N) is 6. The number of nitriles is 1. The van der Waals surface area contributed by atoms with Gasteiger partial charge in [-0.1, -0.05) is 146 Å². The molecule has 9 heteroatoms. The molecule has 68 heavy (non-hydrogen) atoms. The molecule has 0 aliphatic carbocycles. The highest BCUT2D eigenvalue weighted by Crippen LogP contribution is 2.45. The lowest BCUT2D eigenvalue weighted by Crippen LogP contribution is -2.09. The lowest BCUT2D eigenvalue weighted by Gasteiger charge is -2.21. The Morgan fingerprint density at radius 2 is 0.941 bits per heavy atom. The van der Waals surface area contributed by atoms with E-state index in [1.54, 1.807) is 24.4 Å². The summed E-state index contributed by atoms with van der Waals surface area (Å²) in [6.45, 7) is 0. The van der Waals surface area contributed by atoms with Crippen LogP contribution in [0, 0.1) is 11.3 Å². The summed E-state index contributed by atoms with van der Waals surface area (Å²) in [5.74, 6) is 0.494. The van der Waals surface area contributed by atoms with Crippen LogP contribution in [0.2, 0.25) is 0 Å². The van der Waals surface area contributed by atoms with Crippen molar-refractivity contribution < 1.29 is 13.2 Å². The Hall–Kier alpha value is -9.13. The van der Waals surface area contributed by atoms with Crippen LogP contribution in [0.15, 0.2) is 212 Å². The minimum absolute atomic E-state index is 0.0231. The Bertz CT molecular complexity index is 3980. The van der Waals surface area contributed by atoms with Gasteiger partial charge >= 0.3 is 6.18 Å². The Balaban J connectivity index is 1.13. The molecule has 0 unspecified atom stereocenters. The second kappa shape index (κ2) is 16.1. The number of rotatable bonds is 7. The standard InChI is InChI=1S/C59H35F3N6/c60-59(61,62)48-21-10-7-18-42(48)47-35-54(67-52-24-11-8-19-43(52)45-28-26-39(32-55(45)67)50-23-13-22-49(65-50)37-14-3-1-4-15-37)41(36-63)34-57(47)68-53-25-12-9-20-44(53)46-29-27-40(33-56(46)68)58-64-31-30-51(66-58)38-16-5-2-6-17-38/h1-35H. The lowest BCUT2D eigenvalue weighted by molar-refractivity contribution is -0.137. The third-order valence-electron chi connectivity index (χ3n) is 12.7. The van der Waals surface area contributed by atoms with Gasteiger partial charge in [0.1, 0.15) is 6.07 Å². The van der Waals surface area contributed by atoms with Gasteiger partial charge in [0.15, 0.2) is 5.82 Å². The molecule has 0 amide bonds. The smallest absolute Gasteiger partial charge is 0.309 e. The molecule has 4 heterocycles. The minimum Gasteiger partial charge on any atom is -0.309 e. The molecule has 12 rings (SSSR count). The number of hydrogen-bond acceptors (Lipinski definition) is 4. The maximum atomic E-state index is 15.3. The number of alkyl halides is 3. The lowest BCUT2D eigenvalue weighted by atomic mass is 9.95. The molecule has 0 saturated carbocycles. The van der Waals surface area contributed by atoms with Crippen LogP contribution in [0.1, 0.15) is 11.1 Å². The number of pyridine rings is 1. The molecule has 0 atom stereocenters. The van der Waals surface area contributed by atoms with Crippen LogP contribution in [0.4, 0.5) is 13.2 Å². The second-order valence-corrected chi connectivity index (χ2v) is 16.6. The van der Waals surface area contributed by atoms with Crippen molar-refractivity contribution in [2.45, 2.75) is 6.18 Å². The first kappa shape index (κ1) is 40.4. The van der Waals surface area contributed by atoms with Gasteiger partial charge in [-0.25, -0.2) is 15.0 Å². The van der Waals surface area contributed by atoms with E-state index in [1.165, 1.54) is 12.1 Å².